The van der Waals surface area contributed by atoms with Gasteiger partial charge in [-0.15, -0.1) is 0 Å². The first-order valence-corrected chi connectivity index (χ1v) is 19.3. The summed E-state index contributed by atoms with van der Waals surface area (Å²) in [5, 5.41) is 9.91. The van der Waals surface area contributed by atoms with Crippen molar-refractivity contribution in [2.75, 3.05) is 6.54 Å². The second kappa shape index (κ2) is 11.3. The Kier molecular flexibility index (Phi) is 9.53. The third-order valence-electron chi connectivity index (χ3n) is 6.45. The molecule has 11 heteroatoms. The second-order valence-electron chi connectivity index (χ2n) is 11.8. The molecule has 0 fully saturated rings. The van der Waals surface area contributed by atoms with Gasteiger partial charge >= 0.3 is 5.97 Å². The lowest BCUT2D eigenvalue weighted by Crippen LogP contribution is -2.44. The van der Waals surface area contributed by atoms with Crippen LogP contribution in [0.1, 0.15) is 56.9 Å². The van der Waals surface area contributed by atoms with Gasteiger partial charge in [-0.2, -0.15) is 0 Å². The maximum atomic E-state index is 13.3. The molecule has 36 heavy (non-hydrogen) atoms. The van der Waals surface area contributed by atoms with Crippen molar-refractivity contribution < 1.29 is 28.3 Å². The van der Waals surface area contributed by atoms with Gasteiger partial charge in [0.05, 0.1) is 12.5 Å². The smallest absolute Gasteiger partial charge is 0.352 e. The zero-order chi connectivity index (χ0) is 27.6. The Morgan fingerprint density at radius 1 is 1.25 bits per heavy atom. The van der Waals surface area contributed by atoms with Crippen molar-refractivity contribution in [1.82, 2.24) is 9.88 Å². The Morgan fingerprint density at radius 3 is 2.36 bits per heavy atom. The van der Waals surface area contributed by atoms with Gasteiger partial charge in [0.15, 0.2) is 14.0 Å². The Morgan fingerprint density at radius 2 is 1.86 bits per heavy atom. The number of rotatable bonds is 10. The molecule has 8 nitrogen and oxygen atoms in total. The maximum absolute atomic E-state index is 13.3. The second-order valence-corrected chi connectivity index (χ2v) is 22.7. The van der Waals surface area contributed by atoms with Crippen LogP contribution in [0, 0.1) is 0 Å². The zero-order valence-corrected chi connectivity index (χ0v) is 26.4. The van der Waals surface area contributed by atoms with Crippen molar-refractivity contribution in [1.29, 1.82) is 0 Å². The number of halogens is 1. The number of Topliss-reactive ketones (excluding diaryl/α,β-unsaturated/α-hetero) is 1. The number of aromatic nitrogens is 1. The summed E-state index contributed by atoms with van der Waals surface area (Å²) in [6, 6.07) is 0. The van der Waals surface area contributed by atoms with E-state index in [9.17, 15) is 19.5 Å². The highest BCUT2D eigenvalue weighted by Gasteiger charge is 2.40. The number of carboxylic acid groups (broad SMARTS) is 1. The van der Waals surface area contributed by atoms with Crippen LogP contribution in [0.2, 0.25) is 37.8 Å². The Labute approximate surface area is 224 Å². The number of nitrogens with zero attached hydrogens (tertiary/aromatic N) is 2. The Hall–Kier alpha value is -1.83. The average molecular weight is 600 g/mol. The minimum Gasteiger partial charge on any atom is -0.477 e. The lowest BCUT2D eigenvalue weighted by Gasteiger charge is -2.38. The number of hydrogen-bond donors (Lipinski definition) is 1. The predicted molar refractivity (Wildman–Crippen MR) is 149 cm³/mol. The number of carboxylic acids is 1. The highest BCUT2D eigenvalue weighted by atomic mass is 79.9. The third kappa shape index (κ3) is 7.59. The lowest BCUT2D eigenvalue weighted by atomic mass is 10.1. The highest BCUT2D eigenvalue weighted by Crippen LogP contribution is 2.38. The van der Waals surface area contributed by atoms with Crippen molar-refractivity contribution in [3.63, 3.8) is 0 Å². The van der Waals surface area contributed by atoms with Crippen molar-refractivity contribution >= 4 is 55.4 Å². The molecule has 1 aliphatic heterocycles. The summed E-state index contributed by atoms with van der Waals surface area (Å²) in [5.41, 5.74) is 0.0565. The molecule has 2 rings (SSSR count). The van der Waals surface area contributed by atoms with E-state index in [0.29, 0.717) is 11.8 Å². The van der Waals surface area contributed by atoms with Gasteiger partial charge in [0.2, 0.25) is 5.89 Å². The number of oxazole rings is 1. The number of amides is 1. The fourth-order valence-corrected chi connectivity index (χ4v) is 6.46. The first kappa shape index (κ1) is 30.4. The van der Waals surface area contributed by atoms with E-state index in [4.69, 9.17) is 8.84 Å². The number of carbonyl (C=O) groups excluding carboxylic acids is 2. The molecule has 0 radical (unpaired) electrons. The van der Waals surface area contributed by atoms with E-state index in [0.717, 1.165) is 4.48 Å². The number of aliphatic carboxylic acids is 1. The molecule has 1 aliphatic rings. The largest absolute Gasteiger partial charge is 0.477 e. The molecule has 2 heterocycles. The number of hydrogen-bond acceptors (Lipinski definition) is 6. The van der Waals surface area contributed by atoms with Gasteiger partial charge in [0.25, 0.3) is 5.91 Å². The van der Waals surface area contributed by atoms with Crippen LogP contribution in [0.3, 0.4) is 0 Å². The molecule has 1 amide bonds. The van der Waals surface area contributed by atoms with E-state index in [1.54, 1.807) is 0 Å². The van der Waals surface area contributed by atoms with Gasteiger partial charge in [0.1, 0.15) is 24.9 Å². The van der Waals surface area contributed by atoms with E-state index >= 15 is 0 Å². The molecular formula is C25H39BrN2O6Si2. The Bertz CT molecular complexity index is 1080. The summed E-state index contributed by atoms with van der Waals surface area (Å²) in [4.78, 5) is 43.6. The summed E-state index contributed by atoms with van der Waals surface area (Å²) in [6.45, 7) is 19.0. The van der Waals surface area contributed by atoms with Crippen LogP contribution in [0.4, 0.5) is 0 Å². The van der Waals surface area contributed by atoms with Crippen LogP contribution < -0.4 is 5.38 Å². The normalized spacial score (nSPS) is 16.2. The summed E-state index contributed by atoms with van der Waals surface area (Å²) in [7, 11) is -4.29. The van der Waals surface area contributed by atoms with Crippen LogP contribution in [0.15, 0.2) is 26.7 Å². The fraction of sp³-hybridized carbons (Fsp3) is 0.600. The summed E-state index contributed by atoms with van der Waals surface area (Å²) in [6.07, 6.45) is 3.60. The molecule has 1 atom stereocenters. The molecule has 0 unspecified atom stereocenters. The van der Waals surface area contributed by atoms with Gasteiger partial charge < -0.3 is 18.8 Å². The molecule has 0 saturated carbocycles. The summed E-state index contributed by atoms with van der Waals surface area (Å²) in [5.74, 6) is -1.60. The zero-order valence-electron chi connectivity index (χ0n) is 22.8. The summed E-state index contributed by atoms with van der Waals surface area (Å²) < 4.78 is 13.4. The molecular weight excluding hydrogens is 560 g/mol. The molecule has 0 spiro atoms. The molecule has 1 aromatic heterocycles. The van der Waals surface area contributed by atoms with Crippen molar-refractivity contribution in [2.24, 2.45) is 0 Å². The quantitative estimate of drug-likeness (QED) is 0.367. The SMILES string of the molecule is C/C(Br)=C\[C@H](CC(=O)Cc1nc(C(=O)N2CCC=C2C(=O)O)c([Si](C)(C)C)o1)O[Si](C)(C)C(C)(C)C. The first-order valence-electron chi connectivity index (χ1n) is 12.1. The fourth-order valence-electron chi connectivity index (χ4n) is 3.61. The maximum Gasteiger partial charge on any atom is 0.352 e. The predicted octanol–water partition coefficient (Wildman–Crippen LogP) is 5.23. The molecule has 0 aromatic carbocycles. The van der Waals surface area contributed by atoms with Crippen LogP contribution in [-0.4, -0.2) is 61.7 Å². The van der Waals surface area contributed by atoms with E-state index in [-0.39, 0.29) is 47.5 Å². The third-order valence-corrected chi connectivity index (χ3v) is 12.9. The molecule has 1 aromatic rings. The van der Waals surface area contributed by atoms with E-state index in [1.807, 2.05) is 32.6 Å². The van der Waals surface area contributed by atoms with Crippen LogP contribution >= 0.6 is 15.9 Å². The van der Waals surface area contributed by atoms with Gasteiger partial charge in [-0.3, -0.25) is 9.59 Å². The minimum atomic E-state index is -2.17. The number of allylic oxidation sites excluding steroid dienone is 1. The molecule has 0 aliphatic carbocycles. The molecule has 0 saturated heterocycles. The highest BCUT2D eigenvalue weighted by molar-refractivity contribution is 9.11. The van der Waals surface area contributed by atoms with E-state index in [1.165, 1.54) is 11.0 Å². The monoisotopic (exact) mass is 598 g/mol. The lowest BCUT2D eigenvalue weighted by molar-refractivity contribution is -0.134. The van der Waals surface area contributed by atoms with Gasteiger partial charge in [-0.05, 0) is 42.0 Å². The van der Waals surface area contributed by atoms with E-state index < -0.39 is 34.4 Å². The average Bonchev–Trinajstić information content (AvgIpc) is 3.32. The molecule has 0 bridgehead atoms. The topological polar surface area (TPSA) is 110 Å². The summed E-state index contributed by atoms with van der Waals surface area (Å²) >= 11 is 3.46. The number of ketones is 1. The number of carbonyl (C=O) groups is 3. The van der Waals surface area contributed by atoms with Crippen molar-refractivity contribution in [3.05, 3.63) is 33.9 Å². The standard InChI is InChI=1S/C25H39BrN2O6Si2/c1-16(26)13-18(34-36(8,9)25(2,3)4)14-17(29)15-20-27-21(24(33-20)35(5,6)7)22(30)28-12-10-11-19(28)23(31)32/h11,13,18H,10,12,14-15H2,1-9H3,(H,31,32)/b16-13+/t18-/m1/s1. The van der Waals surface area contributed by atoms with Crippen molar-refractivity contribution in [3.8, 4) is 0 Å². The first-order chi connectivity index (χ1) is 16.3. The Balaban J connectivity index is 2.29. The minimum absolute atomic E-state index is 0.00868. The molecule has 200 valence electrons. The van der Waals surface area contributed by atoms with E-state index in [2.05, 4.69) is 54.8 Å². The van der Waals surface area contributed by atoms with Gasteiger partial charge in [0, 0.05) is 13.0 Å². The van der Waals surface area contributed by atoms with Crippen molar-refractivity contribution in [2.45, 2.75) is 90.8 Å². The van der Waals surface area contributed by atoms with Gasteiger partial charge in [-0.1, -0.05) is 62.4 Å². The van der Waals surface area contributed by atoms with Crippen LogP contribution in [0.25, 0.3) is 0 Å². The van der Waals surface area contributed by atoms with Gasteiger partial charge in [-0.25, -0.2) is 9.78 Å². The van der Waals surface area contributed by atoms with Crippen LogP contribution in [0.5, 0.6) is 0 Å². The van der Waals surface area contributed by atoms with Crippen LogP contribution in [-0.2, 0) is 20.4 Å². The molecule has 1 N–H and O–H groups in total.